The van der Waals surface area contributed by atoms with Gasteiger partial charge in [0.1, 0.15) is 18.0 Å². The first-order valence-corrected chi connectivity index (χ1v) is 15.0. The van der Waals surface area contributed by atoms with Gasteiger partial charge in [0, 0.05) is 13.3 Å². The van der Waals surface area contributed by atoms with E-state index in [9.17, 15) is 23.1 Å². The summed E-state index contributed by atoms with van der Waals surface area (Å²) in [6.07, 6.45) is 6.15. The van der Waals surface area contributed by atoms with Gasteiger partial charge in [-0.3, -0.25) is 13.8 Å². The van der Waals surface area contributed by atoms with Gasteiger partial charge >= 0.3 is 5.97 Å². The van der Waals surface area contributed by atoms with Gasteiger partial charge in [-0.2, -0.15) is 8.42 Å². The van der Waals surface area contributed by atoms with E-state index in [1.165, 1.54) is 6.92 Å². The number of carbonyl (C=O) groups is 2. The topological polar surface area (TPSA) is 107 Å². The Morgan fingerprint density at radius 3 is 2.43 bits per heavy atom. The number of fused-ring (bicyclic) bond motifs is 2. The van der Waals surface area contributed by atoms with E-state index in [1.807, 2.05) is 13.8 Å². The SMILES string of the molecule is CC(=O)OC[C@@]1(O)CCC23C[C@H]1C[C@@H]2CC[C@@H]1[C@]3(C)CCC(=O)[C@@]1(C)COS(=O)(=O)c1ccc(C)cc1. The van der Waals surface area contributed by atoms with Crippen molar-refractivity contribution in [2.24, 2.45) is 34.0 Å². The van der Waals surface area contributed by atoms with Gasteiger partial charge in [0.2, 0.25) is 0 Å². The fraction of sp³-hybridized carbons (Fsp3) is 0.724. The molecule has 0 aliphatic heterocycles. The molecule has 0 amide bonds. The van der Waals surface area contributed by atoms with Crippen LogP contribution in [-0.4, -0.2) is 44.1 Å². The number of aliphatic hydroxyl groups is 1. The minimum absolute atomic E-state index is 0.00382. The molecular formula is C29H40O7S. The van der Waals surface area contributed by atoms with Gasteiger partial charge in [-0.05, 0) is 92.6 Å². The monoisotopic (exact) mass is 532 g/mol. The Hall–Kier alpha value is -1.77. The van der Waals surface area contributed by atoms with Crippen molar-refractivity contribution >= 4 is 21.9 Å². The van der Waals surface area contributed by atoms with Crippen molar-refractivity contribution in [1.29, 1.82) is 0 Å². The summed E-state index contributed by atoms with van der Waals surface area (Å²) in [5.41, 5.74) is -1.11. The van der Waals surface area contributed by atoms with Crippen LogP contribution in [0, 0.1) is 40.9 Å². The summed E-state index contributed by atoms with van der Waals surface area (Å²) >= 11 is 0. The lowest BCUT2D eigenvalue weighted by Crippen LogP contribution is -2.62. The predicted molar refractivity (Wildman–Crippen MR) is 137 cm³/mol. The molecule has 4 fully saturated rings. The number of esters is 1. The lowest BCUT2D eigenvalue weighted by atomic mass is 9.39. The molecule has 4 aliphatic rings. The number of Topliss-reactive ketones (excluding diaryl/α,β-unsaturated/α-hetero) is 1. The van der Waals surface area contributed by atoms with Crippen LogP contribution in [0.2, 0.25) is 0 Å². The van der Waals surface area contributed by atoms with E-state index in [0.29, 0.717) is 18.8 Å². The average molecular weight is 533 g/mol. The van der Waals surface area contributed by atoms with E-state index in [2.05, 4.69) is 6.92 Å². The number of benzene rings is 1. The van der Waals surface area contributed by atoms with E-state index in [0.717, 1.165) is 44.1 Å². The third kappa shape index (κ3) is 4.09. The zero-order valence-corrected chi connectivity index (χ0v) is 23.2. The van der Waals surface area contributed by atoms with Crippen LogP contribution in [0.3, 0.4) is 0 Å². The maximum atomic E-state index is 13.5. The minimum Gasteiger partial charge on any atom is -0.463 e. The number of ketones is 1. The standard InChI is InChI=1S/C29H40O7S/c1-19-5-8-23(9-6-19)37(33,34)36-17-26(3)24-10-7-21-15-22-16-28(21,27(24,4)12-11-25(26)31)13-14-29(22,32)18-35-20(2)30/h5-6,8-9,21-22,24,32H,7,10-18H2,1-4H3/t21-,22+,24-,26-,27-,28?,29-/m0/s1. The van der Waals surface area contributed by atoms with Crippen LogP contribution in [0.25, 0.3) is 0 Å². The summed E-state index contributed by atoms with van der Waals surface area (Å²) in [7, 11) is -3.99. The number of hydrogen-bond acceptors (Lipinski definition) is 7. The fourth-order valence-corrected chi connectivity index (χ4v) is 9.90. The summed E-state index contributed by atoms with van der Waals surface area (Å²) in [6.45, 7) is 7.37. The molecule has 1 aromatic carbocycles. The van der Waals surface area contributed by atoms with E-state index < -0.39 is 21.1 Å². The highest BCUT2D eigenvalue weighted by Gasteiger charge is 2.70. The molecule has 1 unspecified atom stereocenters. The van der Waals surface area contributed by atoms with Gasteiger partial charge in [0.25, 0.3) is 10.1 Å². The van der Waals surface area contributed by atoms with Crippen LogP contribution >= 0.6 is 0 Å². The zero-order chi connectivity index (χ0) is 26.9. The van der Waals surface area contributed by atoms with E-state index in [-0.39, 0.29) is 52.5 Å². The first-order valence-electron chi connectivity index (χ1n) is 13.6. The number of aryl methyl sites for hydroxylation is 1. The van der Waals surface area contributed by atoms with Crippen LogP contribution in [0.5, 0.6) is 0 Å². The molecule has 2 bridgehead atoms. The summed E-state index contributed by atoms with van der Waals surface area (Å²) in [6, 6.07) is 6.57. The van der Waals surface area contributed by atoms with Crippen molar-refractivity contribution in [3.8, 4) is 0 Å². The van der Waals surface area contributed by atoms with Crippen LogP contribution in [0.15, 0.2) is 29.2 Å². The largest absolute Gasteiger partial charge is 0.463 e. The Labute approximate surface area is 220 Å². The molecule has 5 rings (SSSR count). The molecule has 4 aliphatic carbocycles. The third-order valence-corrected chi connectivity index (χ3v) is 12.3. The third-order valence-electron chi connectivity index (χ3n) is 11.1. The second-order valence-corrected chi connectivity index (χ2v) is 14.4. The maximum absolute atomic E-state index is 13.5. The average Bonchev–Trinajstić information content (AvgIpc) is 3.20. The van der Waals surface area contributed by atoms with Crippen molar-refractivity contribution in [2.45, 2.75) is 89.6 Å². The smallest absolute Gasteiger partial charge is 0.302 e. The molecule has 4 saturated carbocycles. The molecule has 0 aromatic heterocycles. The summed E-state index contributed by atoms with van der Waals surface area (Å²) in [4.78, 5) is 25.0. The molecule has 8 heteroatoms. The number of hydrogen-bond donors (Lipinski definition) is 1. The second kappa shape index (κ2) is 8.88. The molecule has 204 valence electrons. The highest BCUT2D eigenvalue weighted by molar-refractivity contribution is 7.86. The van der Waals surface area contributed by atoms with Gasteiger partial charge in [0.15, 0.2) is 0 Å². The first-order chi connectivity index (χ1) is 17.3. The van der Waals surface area contributed by atoms with Gasteiger partial charge < -0.3 is 9.84 Å². The van der Waals surface area contributed by atoms with Crippen molar-refractivity contribution in [3.05, 3.63) is 29.8 Å². The van der Waals surface area contributed by atoms with Crippen molar-refractivity contribution in [1.82, 2.24) is 0 Å². The second-order valence-electron chi connectivity index (χ2n) is 12.8. The van der Waals surface area contributed by atoms with Crippen LogP contribution in [0.1, 0.15) is 77.7 Å². The fourth-order valence-electron chi connectivity index (χ4n) is 8.90. The Bertz CT molecular complexity index is 1190. The molecule has 0 saturated heterocycles. The normalized spacial score (nSPS) is 41.1. The molecule has 0 heterocycles. The maximum Gasteiger partial charge on any atom is 0.302 e. The Balaban J connectivity index is 1.41. The van der Waals surface area contributed by atoms with Crippen molar-refractivity contribution in [3.63, 3.8) is 0 Å². The molecule has 37 heavy (non-hydrogen) atoms. The molecule has 7 atom stereocenters. The number of ether oxygens (including phenoxy) is 1. The molecule has 7 nitrogen and oxygen atoms in total. The Morgan fingerprint density at radius 2 is 1.76 bits per heavy atom. The van der Waals surface area contributed by atoms with E-state index >= 15 is 0 Å². The van der Waals surface area contributed by atoms with E-state index in [4.69, 9.17) is 8.92 Å². The highest BCUT2D eigenvalue weighted by atomic mass is 32.2. The quantitative estimate of drug-likeness (QED) is 0.422. The van der Waals surface area contributed by atoms with E-state index in [1.54, 1.807) is 24.3 Å². The van der Waals surface area contributed by atoms with Crippen molar-refractivity contribution < 1.29 is 32.0 Å². The zero-order valence-electron chi connectivity index (χ0n) is 22.4. The Morgan fingerprint density at radius 1 is 1.05 bits per heavy atom. The van der Waals surface area contributed by atoms with Crippen LogP contribution in [0.4, 0.5) is 0 Å². The van der Waals surface area contributed by atoms with Crippen molar-refractivity contribution in [2.75, 3.05) is 13.2 Å². The summed E-state index contributed by atoms with van der Waals surface area (Å²) < 4.78 is 36.9. The molecule has 1 spiro atoms. The highest BCUT2D eigenvalue weighted by Crippen LogP contribution is 2.75. The molecular weight excluding hydrogens is 492 g/mol. The Kier molecular flexibility index (Phi) is 6.44. The van der Waals surface area contributed by atoms with Gasteiger partial charge in [-0.25, -0.2) is 0 Å². The first kappa shape index (κ1) is 26.8. The van der Waals surface area contributed by atoms with Gasteiger partial charge in [0.05, 0.1) is 16.9 Å². The number of rotatable bonds is 6. The minimum atomic E-state index is -3.99. The van der Waals surface area contributed by atoms with Gasteiger partial charge in [-0.15, -0.1) is 0 Å². The molecule has 0 radical (unpaired) electrons. The summed E-state index contributed by atoms with van der Waals surface area (Å²) in [5.74, 6) is 0.214. The molecule has 1 N–H and O–H groups in total. The predicted octanol–water partition coefficient (Wildman–Crippen LogP) is 4.59. The lowest BCUT2D eigenvalue weighted by molar-refractivity contribution is -0.191. The number of carbonyl (C=O) groups excluding carboxylic acids is 2. The van der Waals surface area contributed by atoms with Gasteiger partial charge in [-0.1, -0.05) is 31.5 Å². The van der Waals surface area contributed by atoms with Crippen LogP contribution in [-0.2, 0) is 28.6 Å². The molecule has 1 aromatic rings. The summed E-state index contributed by atoms with van der Waals surface area (Å²) in [5, 5.41) is 11.5. The van der Waals surface area contributed by atoms with Crippen LogP contribution < -0.4 is 0 Å². The lowest BCUT2D eigenvalue weighted by Gasteiger charge is -2.65.